The Morgan fingerprint density at radius 1 is 1.22 bits per heavy atom. The predicted octanol–water partition coefficient (Wildman–Crippen LogP) is 4.58. The smallest absolute Gasteiger partial charge is 0.329 e. The first-order valence-corrected chi connectivity index (χ1v) is 10.5. The fraction of sp³-hybridized carbons (Fsp3) is 0.0588. The first-order chi connectivity index (χ1) is 12.7. The van der Waals surface area contributed by atoms with E-state index >= 15 is 0 Å². The molecule has 0 saturated heterocycles. The number of nitrogens with zero attached hydrogens (tertiary/aromatic N) is 1. The third kappa shape index (κ3) is 4.47. The molecule has 0 amide bonds. The summed E-state index contributed by atoms with van der Waals surface area (Å²) >= 11 is 12.9. The Balaban J connectivity index is 2.16. The highest BCUT2D eigenvalue weighted by molar-refractivity contribution is 8.05. The minimum absolute atomic E-state index is 0.0291. The van der Waals surface area contributed by atoms with Crippen LogP contribution in [0.4, 0.5) is 5.69 Å². The Morgan fingerprint density at radius 3 is 2.52 bits per heavy atom. The van der Waals surface area contributed by atoms with Gasteiger partial charge < -0.3 is 10.4 Å². The van der Waals surface area contributed by atoms with E-state index < -0.39 is 16.0 Å². The van der Waals surface area contributed by atoms with Crippen LogP contribution in [-0.2, 0) is 14.8 Å². The average molecular weight is 443 g/mol. The molecule has 1 aliphatic heterocycles. The summed E-state index contributed by atoms with van der Waals surface area (Å²) in [7, 11) is -4.08. The van der Waals surface area contributed by atoms with Crippen molar-refractivity contribution in [2.24, 2.45) is 4.40 Å². The van der Waals surface area contributed by atoms with Gasteiger partial charge in [0, 0.05) is 26.7 Å². The van der Waals surface area contributed by atoms with E-state index in [0.717, 1.165) is 17.8 Å². The van der Waals surface area contributed by atoms with Crippen LogP contribution in [0.2, 0.25) is 10.0 Å². The number of amidine groups is 1. The van der Waals surface area contributed by atoms with E-state index in [1.54, 1.807) is 31.2 Å². The zero-order valence-electron chi connectivity index (χ0n) is 13.7. The molecule has 0 fully saturated rings. The molecule has 2 aromatic rings. The molecule has 0 saturated carbocycles. The van der Waals surface area contributed by atoms with Crippen molar-refractivity contribution in [1.29, 1.82) is 0 Å². The van der Waals surface area contributed by atoms with Gasteiger partial charge in [0.05, 0.1) is 4.91 Å². The SMILES string of the molecule is Cc1cc2c(cc1Cl)S/C(=C/C(=O)O)C(Nc1ccc(Cl)cc1)=NS2(=O)=O. The number of carboxylic acids is 1. The second kappa shape index (κ2) is 7.55. The number of carboxylic acid groups (broad SMARTS) is 1. The number of halogens is 2. The first kappa shape index (κ1) is 19.8. The van der Waals surface area contributed by atoms with Crippen molar-refractivity contribution < 1.29 is 18.3 Å². The molecule has 3 rings (SSSR count). The third-order valence-corrected chi connectivity index (χ3v) is 6.72. The van der Waals surface area contributed by atoms with Crippen LogP contribution in [0.15, 0.2) is 61.6 Å². The summed E-state index contributed by atoms with van der Waals surface area (Å²) in [6, 6.07) is 9.39. The number of fused-ring (bicyclic) bond motifs is 1. The average Bonchev–Trinajstić information content (AvgIpc) is 2.66. The van der Waals surface area contributed by atoms with E-state index in [0.29, 0.717) is 26.2 Å². The van der Waals surface area contributed by atoms with E-state index in [2.05, 4.69) is 9.71 Å². The fourth-order valence-corrected chi connectivity index (χ4v) is 5.16. The summed E-state index contributed by atoms with van der Waals surface area (Å²) in [4.78, 5) is 11.6. The largest absolute Gasteiger partial charge is 0.478 e. The van der Waals surface area contributed by atoms with E-state index in [9.17, 15) is 18.3 Å². The van der Waals surface area contributed by atoms with Crippen molar-refractivity contribution in [2.75, 3.05) is 5.32 Å². The van der Waals surface area contributed by atoms with Crippen LogP contribution in [0.1, 0.15) is 5.56 Å². The van der Waals surface area contributed by atoms with E-state index in [-0.39, 0.29) is 15.6 Å². The van der Waals surface area contributed by atoms with E-state index in [4.69, 9.17) is 23.2 Å². The highest BCUT2D eigenvalue weighted by Crippen LogP contribution is 2.40. The lowest BCUT2D eigenvalue weighted by Gasteiger charge is -2.10. The van der Waals surface area contributed by atoms with Gasteiger partial charge in [-0.3, -0.25) is 0 Å². The lowest BCUT2D eigenvalue weighted by atomic mass is 10.2. The Morgan fingerprint density at radius 2 is 1.89 bits per heavy atom. The Labute approximate surface area is 170 Å². The van der Waals surface area contributed by atoms with E-state index in [1.165, 1.54) is 12.1 Å². The van der Waals surface area contributed by atoms with Crippen LogP contribution in [0.3, 0.4) is 0 Å². The molecule has 140 valence electrons. The van der Waals surface area contributed by atoms with Crippen molar-refractivity contribution in [3.8, 4) is 0 Å². The van der Waals surface area contributed by atoms with Gasteiger partial charge in [0.25, 0.3) is 10.0 Å². The number of carbonyl (C=O) groups is 1. The molecule has 0 radical (unpaired) electrons. The van der Waals surface area contributed by atoms with Gasteiger partial charge in [0.2, 0.25) is 0 Å². The molecule has 2 N–H and O–H groups in total. The van der Waals surface area contributed by atoms with Crippen molar-refractivity contribution in [1.82, 2.24) is 0 Å². The van der Waals surface area contributed by atoms with Gasteiger partial charge in [0.15, 0.2) is 5.84 Å². The normalized spacial score (nSPS) is 17.0. The molecule has 1 aliphatic rings. The highest BCUT2D eigenvalue weighted by atomic mass is 35.5. The van der Waals surface area contributed by atoms with Gasteiger partial charge in [-0.1, -0.05) is 35.0 Å². The number of sulfonamides is 1. The van der Waals surface area contributed by atoms with Gasteiger partial charge in [0.1, 0.15) is 4.90 Å². The van der Waals surface area contributed by atoms with Crippen molar-refractivity contribution in [3.05, 3.63) is 63.0 Å². The second-order valence-electron chi connectivity index (χ2n) is 5.54. The lowest BCUT2D eigenvalue weighted by molar-refractivity contribution is -0.131. The maximum atomic E-state index is 12.8. The molecule has 6 nitrogen and oxygen atoms in total. The molecule has 1 heterocycles. The molecular weight excluding hydrogens is 431 g/mol. The minimum Gasteiger partial charge on any atom is -0.478 e. The zero-order valence-corrected chi connectivity index (χ0v) is 16.9. The molecule has 0 aromatic heterocycles. The summed E-state index contributed by atoms with van der Waals surface area (Å²) < 4.78 is 29.3. The Kier molecular flexibility index (Phi) is 5.53. The molecule has 0 bridgehead atoms. The van der Waals surface area contributed by atoms with Crippen LogP contribution in [0.25, 0.3) is 0 Å². The standard InChI is InChI=1S/C17H12Cl2N2O4S2/c1-9-6-15-13(7-12(9)19)26-14(8-16(22)23)17(21-27(15,24)25)20-11-4-2-10(18)3-5-11/h2-8H,1H3,(H,20,21)(H,22,23)/b14-8+. The highest BCUT2D eigenvalue weighted by Gasteiger charge is 2.28. The summed E-state index contributed by atoms with van der Waals surface area (Å²) in [5, 5.41) is 12.9. The van der Waals surface area contributed by atoms with Crippen LogP contribution in [0, 0.1) is 6.92 Å². The molecule has 0 atom stereocenters. The summed E-state index contributed by atoms with van der Waals surface area (Å²) in [6.45, 7) is 1.68. The van der Waals surface area contributed by atoms with Gasteiger partial charge in [-0.25, -0.2) is 4.79 Å². The quantitative estimate of drug-likeness (QED) is 0.660. The zero-order chi connectivity index (χ0) is 19.8. The third-order valence-electron chi connectivity index (χ3n) is 3.53. The number of aliphatic carboxylic acids is 1. The summed E-state index contributed by atoms with van der Waals surface area (Å²) in [5.41, 5.74) is 1.08. The Hall–Kier alpha value is -2.00. The fourth-order valence-electron chi connectivity index (χ4n) is 2.26. The van der Waals surface area contributed by atoms with Crippen molar-refractivity contribution >= 4 is 62.5 Å². The van der Waals surface area contributed by atoms with Crippen molar-refractivity contribution in [2.45, 2.75) is 16.7 Å². The number of rotatable bonds is 2. The predicted molar refractivity (Wildman–Crippen MR) is 107 cm³/mol. The number of anilines is 1. The molecule has 0 spiro atoms. The molecule has 2 aromatic carbocycles. The maximum absolute atomic E-state index is 12.8. The minimum atomic E-state index is -4.08. The number of thioether (sulfide) groups is 1. The number of nitrogens with one attached hydrogen (secondary N) is 1. The Bertz CT molecular complexity index is 1090. The summed E-state index contributed by atoms with van der Waals surface area (Å²) in [6.07, 6.45) is 0.894. The lowest BCUT2D eigenvalue weighted by Crippen LogP contribution is -2.15. The van der Waals surface area contributed by atoms with Gasteiger partial charge in [-0.15, -0.1) is 4.40 Å². The van der Waals surface area contributed by atoms with Crippen molar-refractivity contribution in [3.63, 3.8) is 0 Å². The topological polar surface area (TPSA) is 95.8 Å². The first-order valence-electron chi connectivity index (χ1n) is 7.46. The number of benzene rings is 2. The maximum Gasteiger partial charge on any atom is 0.329 e. The molecular formula is C17H12Cl2N2O4S2. The number of hydrogen-bond acceptors (Lipinski definition) is 5. The van der Waals surface area contributed by atoms with Gasteiger partial charge in [-0.2, -0.15) is 8.42 Å². The number of hydrogen-bond donors (Lipinski definition) is 2. The van der Waals surface area contributed by atoms with E-state index in [1.807, 2.05) is 0 Å². The molecule has 0 unspecified atom stereocenters. The van der Waals surface area contributed by atoms with Gasteiger partial charge in [-0.05, 0) is 48.9 Å². The molecule has 10 heteroatoms. The second-order valence-corrected chi connectivity index (χ2v) is 9.04. The van der Waals surface area contributed by atoms with Crippen LogP contribution >= 0.6 is 35.0 Å². The number of aryl methyl sites for hydroxylation is 1. The molecule has 0 aliphatic carbocycles. The summed E-state index contributed by atoms with van der Waals surface area (Å²) in [5.74, 6) is -1.34. The monoisotopic (exact) mass is 442 g/mol. The van der Waals surface area contributed by atoms with Crippen LogP contribution in [0.5, 0.6) is 0 Å². The van der Waals surface area contributed by atoms with Crippen LogP contribution in [-0.4, -0.2) is 25.3 Å². The van der Waals surface area contributed by atoms with Gasteiger partial charge >= 0.3 is 5.97 Å². The molecule has 27 heavy (non-hydrogen) atoms. The van der Waals surface area contributed by atoms with Crippen LogP contribution < -0.4 is 5.32 Å².